The number of rotatable bonds is 7. The summed E-state index contributed by atoms with van der Waals surface area (Å²) < 4.78 is 5.59. The summed E-state index contributed by atoms with van der Waals surface area (Å²) in [5, 5.41) is 6.17. The van der Waals surface area contributed by atoms with Gasteiger partial charge >= 0.3 is 0 Å². The van der Waals surface area contributed by atoms with Crippen LogP contribution in [0.2, 0.25) is 0 Å². The Labute approximate surface area is 223 Å². The van der Waals surface area contributed by atoms with Gasteiger partial charge in [-0.1, -0.05) is 37.5 Å². The molecule has 0 bridgehead atoms. The summed E-state index contributed by atoms with van der Waals surface area (Å²) in [7, 11) is 3.35. The van der Waals surface area contributed by atoms with Crippen molar-refractivity contribution in [2.45, 2.75) is 58.0 Å². The van der Waals surface area contributed by atoms with Gasteiger partial charge < -0.3 is 25.2 Å². The van der Waals surface area contributed by atoms with Crippen molar-refractivity contribution in [1.29, 1.82) is 0 Å². The molecule has 1 unspecified atom stereocenters. The number of carbonyl (C=O) groups excluding carboxylic acids is 2. The molecule has 9 nitrogen and oxygen atoms in total. The molecular formula is C29H34N6O3. The van der Waals surface area contributed by atoms with Crippen LogP contribution in [0.5, 0.6) is 5.75 Å². The molecule has 2 amide bonds. The maximum Gasteiger partial charge on any atom is 0.255 e. The van der Waals surface area contributed by atoms with Crippen LogP contribution in [0.3, 0.4) is 0 Å². The molecule has 5 rings (SSSR count). The smallest absolute Gasteiger partial charge is 0.255 e. The minimum atomic E-state index is -0.237. The molecule has 1 fully saturated rings. The molecule has 3 aromatic rings. The van der Waals surface area contributed by atoms with E-state index in [1.54, 1.807) is 43.5 Å². The first-order valence-electron chi connectivity index (χ1n) is 13.2. The van der Waals surface area contributed by atoms with Gasteiger partial charge in [0, 0.05) is 24.3 Å². The predicted octanol–water partition coefficient (Wildman–Crippen LogP) is 5.29. The van der Waals surface area contributed by atoms with E-state index in [0.717, 1.165) is 42.8 Å². The lowest BCUT2D eigenvalue weighted by Gasteiger charge is -2.43. The molecule has 9 heteroatoms. The molecular weight excluding hydrogens is 480 g/mol. The molecule has 2 N–H and O–H groups in total. The number of nitrogens with one attached hydrogen (secondary N) is 2. The Morgan fingerprint density at radius 3 is 2.55 bits per heavy atom. The molecule has 1 saturated carbocycles. The highest BCUT2D eigenvalue weighted by atomic mass is 16.5. The lowest BCUT2D eigenvalue weighted by molar-refractivity contribution is -0.120. The molecule has 1 atom stereocenters. The first kappa shape index (κ1) is 25.5. The van der Waals surface area contributed by atoms with Crippen molar-refractivity contribution in [1.82, 2.24) is 9.97 Å². The molecule has 0 spiro atoms. The van der Waals surface area contributed by atoms with Gasteiger partial charge in [-0.3, -0.25) is 9.59 Å². The number of benzene rings is 2. The van der Waals surface area contributed by atoms with Crippen LogP contribution in [0.15, 0.2) is 48.7 Å². The number of fused-ring (bicyclic) bond motifs is 1. The van der Waals surface area contributed by atoms with E-state index in [1.165, 1.54) is 0 Å². The van der Waals surface area contributed by atoms with Crippen LogP contribution >= 0.6 is 0 Å². The number of hydrogen-bond acceptors (Lipinski definition) is 7. The van der Waals surface area contributed by atoms with Crippen molar-refractivity contribution < 1.29 is 14.3 Å². The fourth-order valence-electron chi connectivity index (χ4n) is 5.34. The molecule has 1 aliphatic carbocycles. The van der Waals surface area contributed by atoms with Gasteiger partial charge in [0.25, 0.3) is 5.91 Å². The third-order valence-corrected chi connectivity index (χ3v) is 7.43. The quantitative estimate of drug-likeness (QED) is 0.442. The third-order valence-electron chi connectivity index (χ3n) is 7.43. The van der Waals surface area contributed by atoms with E-state index in [4.69, 9.17) is 9.72 Å². The van der Waals surface area contributed by atoms with E-state index in [9.17, 15) is 9.59 Å². The van der Waals surface area contributed by atoms with Crippen LogP contribution < -0.4 is 25.2 Å². The topological polar surface area (TPSA) is 99.7 Å². The van der Waals surface area contributed by atoms with E-state index in [0.29, 0.717) is 41.1 Å². The molecule has 0 radical (unpaired) electrons. The maximum atomic E-state index is 13.1. The van der Waals surface area contributed by atoms with Gasteiger partial charge in [-0.2, -0.15) is 4.98 Å². The predicted molar refractivity (Wildman–Crippen MR) is 150 cm³/mol. The molecule has 2 aromatic carbocycles. The second kappa shape index (κ2) is 10.7. The van der Waals surface area contributed by atoms with Crippen LogP contribution in [0.4, 0.5) is 28.8 Å². The van der Waals surface area contributed by atoms with Crippen molar-refractivity contribution in [3.05, 3.63) is 59.8 Å². The Hall–Kier alpha value is -4.14. The minimum Gasteiger partial charge on any atom is -0.495 e. The van der Waals surface area contributed by atoms with Crippen molar-refractivity contribution in [2.24, 2.45) is 0 Å². The molecule has 1 aliphatic heterocycles. The fourth-order valence-corrected chi connectivity index (χ4v) is 5.34. The van der Waals surface area contributed by atoms with Gasteiger partial charge in [0.05, 0.1) is 19.0 Å². The fraction of sp³-hybridized carbons (Fsp3) is 0.379. The van der Waals surface area contributed by atoms with Crippen molar-refractivity contribution in [3.8, 4) is 5.75 Å². The van der Waals surface area contributed by atoms with Gasteiger partial charge in [-0.25, -0.2) is 4.98 Å². The number of nitrogens with zero attached hydrogens (tertiary/aromatic N) is 4. The Balaban J connectivity index is 1.41. The number of aromatic nitrogens is 2. The lowest BCUT2D eigenvalue weighted by Crippen LogP contribution is -2.55. The standard InChI is InChI=1S/C29H34N6O3/c1-5-23-28(37)34(3)24-17-30-29(33-26(24)35(23)21-8-6-7-9-21)32-22-15-12-19(16-25(22)38-4)27(36)31-20-13-10-18(2)11-14-20/h10-17,21,23H,5-9H2,1-4H3,(H,31,36)(H,30,32,33). The van der Waals surface area contributed by atoms with Gasteiger partial charge in [0.1, 0.15) is 17.5 Å². The van der Waals surface area contributed by atoms with Gasteiger partial charge in [-0.15, -0.1) is 0 Å². The van der Waals surface area contributed by atoms with E-state index in [2.05, 4.69) is 20.5 Å². The zero-order valence-electron chi connectivity index (χ0n) is 22.3. The lowest BCUT2D eigenvalue weighted by atomic mass is 10.0. The second-order valence-corrected chi connectivity index (χ2v) is 9.93. The summed E-state index contributed by atoms with van der Waals surface area (Å²) in [6.45, 7) is 4.05. The SMILES string of the molecule is CCC1C(=O)N(C)c2cnc(Nc3ccc(C(=O)Nc4ccc(C)cc4)cc3OC)nc2N1C1CCCC1. The second-order valence-electron chi connectivity index (χ2n) is 9.93. The van der Waals surface area contributed by atoms with Gasteiger partial charge in [0.15, 0.2) is 5.82 Å². The van der Waals surface area contributed by atoms with Gasteiger partial charge in [0.2, 0.25) is 11.9 Å². The average Bonchev–Trinajstić information content (AvgIpc) is 3.46. The minimum absolute atomic E-state index is 0.0809. The zero-order valence-corrected chi connectivity index (χ0v) is 22.3. The maximum absolute atomic E-state index is 13.1. The first-order chi connectivity index (χ1) is 18.4. The number of methoxy groups -OCH3 is 1. The highest BCUT2D eigenvalue weighted by Crippen LogP contribution is 2.40. The van der Waals surface area contributed by atoms with Crippen molar-refractivity contribution >= 4 is 40.6 Å². The van der Waals surface area contributed by atoms with Gasteiger partial charge in [-0.05, 0) is 56.5 Å². The summed E-state index contributed by atoms with van der Waals surface area (Å²) in [6.07, 6.45) is 6.85. The molecule has 1 aromatic heterocycles. The Bertz CT molecular complexity index is 1340. The van der Waals surface area contributed by atoms with Crippen LogP contribution in [0.25, 0.3) is 0 Å². The zero-order chi connectivity index (χ0) is 26.8. The van der Waals surface area contributed by atoms with E-state index >= 15 is 0 Å². The number of hydrogen-bond donors (Lipinski definition) is 2. The van der Waals surface area contributed by atoms with E-state index in [1.807, 2.05) is 38.1 Å². The van der Waals surface area contributed by atoms with Crippen molar-refractivity contribution in [2.75, 3.05) is 34.6 Å². The average molecular weight is 515 g/mol. The number of ether oxygens (including phenoxy) is 1. The molecule has 0 saturated heterocycles. The monoisotopic (exact) mass is 514 g/mol. The summed E-state index contributed by atoms with van der Waals surface area (Å²) in [5.74, 6) is 1.52. The molecule has 38 heavy (non-hydrogen) atoms. The highest BCUT2D eigenvalue weighted by Gasteiger charge is 2.41. The summed E-state index contributed by atoms with van der Waals surface area (Å²) in [6, 6.07) is 12.9. The first-order valence-corrected chi connectivity index (χ1v) is 13.2. The van der Waals surface area contributed by atoms with Crippen LogP contribution in [-0.4, -0.2) is 48.0 Å². The number of likely N-dealkylation sites (N-methyl/N-ethyl adjacent to an activating group) is 1. The largest absolute Gasteiger partial charge is 0.495 e. The molecule has 198 valence electrons. The highest BCUT2D eigenvalue weighted by molar-refractivity contribution is 6.05. The van der Waals surface area contributed by atoms with Crippen LogP contribution in [0, 0.1) is 6.92 Å². The third kappa shape index (κ3) is 4.88. The van der Waals surface area contributed by atoms with Crippen LogP contribution in [0.1, 0.15) is 54.9 Å². The Morgan fingerprint density at radius 2 is 1.87 bits per heavy atom. The Kier molecular flexibility index (Phi) is 7.18. The summed E-state index contributed by atoms with van der Waals surface area (Å²) in [4.78, 5) is 39.2. The van der Waals surface area contributed by atoms with Crippen LogP contribution in [-0.2, 0) is 4.79 Å². The summed E-state index contributed by atoms with van der Waals surface area (Å²) in [5.41, 5.74) is 3.67. The van der Waals surface area contributed by atoms with Crippen molar-refractivity contribution in [3.63, 3.8) is 0 Å². The number of carbonyl (C=O) groups is 2. The number of amides is 2. The molecule has 2 heterocycles. The summed E-state index contributed by atoms with van der Waals surface area (Å²) >= 11 is 0. The Morgan fingerprint density at radius 1 is 1.13 bits per heavy atom. The number of aryl methyl sites for hydroxylation is 1. The van der Waals surface area contributed by atoms with E-state index in [-0.39, 0.29) is 17.9 Å². The normalized spacial score (nSPS) is 17.4. The molecule has 2 aliphatic rings. The van der Waals surface area contributed by atoms with E-state index < -0.39 is 0 Å². The number of anilines is 5.